The van der Waals surface area contributed by atoms with Gasteiger partial charge in [-0.3, -0.25) is 4.90 Å². The summed E-state index contributed by atoms with van der Waals surface area (Å²) in [5.74, 6) is 0.834. The first-order valence-corrected chi connectivity index (χ1v) is 14.3. The lowest BCUT2D eigenvalue weighted by Crippen LogP contribution is -2.50. The fourth-order valence-electron chi connectivity index (χ4n) is 6.68. The predicted molar refractivity (Wildman–Crippen MR) is 151 cm³/mol. The third-order valence-corrected chi connectivity index (χ3v) is 9.23. The van der Waals surface area contributed by atoms with E-state index in [1.54, 1.807) is 12.3 Å². The molecule has 2 saturated heterocycles. The van der Waals surface area contributed by atoms with Crippen LogP contribution >= 0.6 is 11.6 Å². The van der Waals surface area contributed by atoms with Gasteiger partial charge in [0, 0.05) is 49.9 Å². The fourth-order valence-corrected chi connectivity index (χ4v) is 6.86. The van der Waals surface area contributed by atoms with Crippen molar-refractivity contribution in [1.82, 2.24) is 9.88 Å². The molecule has 3 N–H and O–H groups in total. The van der Waals surface area contributed by atoms with Crippen LogP contribution in [-0.4, -0.2) is 71.6 Å². The highest BCUT2D eigenvalue weighted by Crippen LogP contribution is 2.42. The maximum atomic E-state index is 13.5. The van der Waals surface area contributed by atoms with Gasteiger partial charge in [0.15, 0.2) is 5.76 Å². The van der Waals surface area contributed by atoms with Gasteiger partial charge < -0.3 is 24.8 Å². The summed E-state index contributed by atoms with van der Waals surface area (Å²) in [7, 11) is 0. The van der Waals surface area contributed by atoms with Crippen molar-refractivity contribution in [2.75, 3.05) is 49.5 Å². The Labute approximate surface area is 233 Å². The number of nitrogens with one attached hydrogen (secondary N) is 1. The quantitative estimate of drug-likeness (QED) is 0.399. The van der Waals surface area contributed by atoms with Crippen LogP contribution in [0.2, 0.25) is 5.02 Å². The number of β-amino-alcohol motifs (C(OH)–C–C–N with tert-alkyl or cyclic N) is 2. The van der Waals surface area contributed by atoms with E-state index in [1.807, 2.05) is 0 Å². The first-order valence-electron chi connectivity index (χ1n) is 14.0. The molecule has 6 rings (SSSR count). The zero-order valence-electron chi connectivity index (χ0n) is 22.2. The smallest absolute Gasteiger partial charge is 0.297 e. The van der Waals surface area contributed by atoms with Gasteiger partial charge in [-0.1, -0.05) is 29.8 Å². The molecule has 2 fully saturated rings. The van der Waals surface area contributed by atoms with Crippen molar-refractivity contribution in [3.05, 3.63) is 64.6 Å². The summed E-state index contributed by atoms with van der Waals surface area (Å²) in [5, 5.41) is 25.8. The van der Waals surface area contributed by atoms with E-state index in [-0.39, 0.29) is 16.9 Å². The summed E-state index contributed by atoms with van der Waals surface area (Å²) in [4.78, 5) is 8.73. The Morgan fingerprint density at radius 1 is 1.18 bits per heavy atom. The van der Waals surface area contributed by atoms with Gasteiger partial charge in [0.1, 0.15) is 5.82 Å². The van der Waals surface area contributed by atoms with Crippen LogP contribution in [0.5, 0.6) is 0 Å². The Morgan fingerprint density at radius 2 is 2.00 bits per heavy atom. The second-order valence-corrected chi connectivity index (χ2v) is 11.7. The Bertz CT molecular complexity index is 1310. The van der Waals surface area contributed by atoms with Crippen LogP contribution in [0.3, 0.4) is 0 Å². The van der Waals surface area contributed by atoms with E-state index in [0.29, 0.717) is 36.3 Å². The molecule has 0 aliphatic carbocycles. The van der Waals surface area contributed by atoms with Crippen molar-refractivity contribution in [3.63, 3.8) is 0 Å². The molecule has 0 amide bonds. The Balaban J connectivity index is 0.995. The van der Waals surface area contributed by atoms with Crippen molar-refractivity contribution in [1.29, 1.82) is 0 Å². The lowest BCUT2D eigenvalue weighted by atomic mass is 9.79. The van der Waals surface area contributed by atoms with Gasteiger partial charge in [0.25, 0.3) is 6.01 Å². The summed E-state index contributed by atoms with van der Waals surface area (Å²) in [5.41, 5.74) is 4.51. The maximum Gasteiger partial charge on any atom is 0.297 e. The zero-order chi connectivity index (χ0) is 27.1. The van der Waals surface area contributed by atoms with Crippen LogP contribution < -0.4 is 10.2 Å². The molecule has 0 bridgehead atoms. The highest BCUT2D eigenvalue weighted by atomic mass is 35.5. The van der Waals surface area contributed by atoms with E-state index in [4.69, 9.17) is 16.0 Å². The van der Waals surface area contributed by atoms with Gasteiger partial charge in [0.05, 0.1) is 23.4 Å². The molecule has 0 spiro atoms. The number of aromatic nitrogens is 1. The lowest BCUT2D eigenvalue weighted by Gasteiger charge is -2.41. The number of anilines is 2. The summed E-state index contributed by atoms with van der Waals surface area (Å²) >= 11 is 5.91. The molecule has 3 aliphatic heterocycles. The third kappa shape index (κ3) is 5.40. The second-order valence-electron chi connectivity index (χ2n) is 11.3. The molecular formula is C30H36ClFN4O3. The average Bonchev–Trinajstić information content (AvgIpc) is 3.59. The lowest BCUT2D eigenvalue weighted by molar-refractivity contribution is -0.0164. The van der Waals surface area contributed by atoms with Gasteiger partial charge in [0.2, 0.25) is 0 Å². The summed E-state index contributed by atoms with van der Waals surface area (Å²) < 4.78 is 19.4. The molecular weight excluding hydrogens is 519 g/mol. The molecule has 1 aromatic heterocycles. The van der Waals surface area contributed by atoms with Gasteiger partial charge in [-0.15, -0.1) is 0 Å². The van der Waals surface area contributed by atoms with Gasteiger partial charge in [-0.2, -0.15) is 0 Å². The van der Waals surface area contributed by atoms with Crippen LogP contribution in [0.25, 0.3) is 11.3 Å². The van der Waals surface area contributed by atoms with E-state index in [1.165, 1.54) is 28.9 Å². The number of rotatable bonds is 6. The topological polar surface area (TPSA) is 85.0 Å². The number of aliphatic hydroxyl groups is 2. The third-order valence-electron chi connectivity index (χ3n) is 8.94. The number of oxazole rings is 1. The van der Waals surface area contributed by atoms with Crippen LogP contribution in [0, 0.1) is 24.6 Å². The number of piperidine rings is 2. The molecule has 4 unspecified atom stereocenters. The maximum absolute atomic E-state index is 13.5. The number of nitrogens with zero attached hydrogens (tertiary/aromatic N) is 3. The number of aliphatic hydroxyl groups excluding tert-OH is 2. The second kappa shape index (κ2) is 11.1. The van der Waals surface area contributed by atoms with Gasteiger partial charge in [-0.05, 0) is 73.9 Å². The van der Waals surface area contributed by atoms with E-state index in [0.717, 1.165) is 45.4 Å². The minimum atomic E-state index is -0.466. The molecule has 4 heterocycles. The fraction of sp³-hybridized carbons (Fsp3) is 0.500. The van der Waals surface area contributed by atoms with E-state index in [2.05, 4.69) is 45.2 Å². The highest BCUT2D eigenvalue weighted by Gasteiger charge is 2.39. The van der Waals surface area contributed by atoms with Crippen molar-refractivity contribution < 1.29 is 19.0 Å². The SMILES string of the molecule is Cc1cccc2c1NCC2C1CCN(CC(O)C2CCN(c3ncc(-c4ccc(F)c(Cl)c4)o3)CC2)CC1O. The van der Waals surface area contributed by atoms with Crippen LogP contribution in [0.1, 0.15) is 36.3 Å². The molecule has 208 valence electrons. The standard InChI is InChI=1S/C30H36ClFN4O3/c1-18-3-2-4-22-23(14-33-29(18)22)21-9-10-35(17-27(21)38)16-26(37)19-7-11-36(12-8-19)30-34-15-28(39-30)20-5-6-25(32)24(31)13-20/h2-6,13,15,19,21,23,26-27,33,37-38H,7-12,14,16-17H2,1H3. The number of para-hydroxylation sites is 1. The molecule has 0 radical (unpaired) electrons. The molecule has 39 heavy (non-hydrogen) atoms. The average molecular weight is 555 g/mol. The number of halogens is 2. The molecule has 9 heteroatoms. The number of aryl methyl sites for hydroxylation is 1. The van der Waals surface area contributed by atoms with Gasteiger partial charge in [-0.25, -0.2) is 9.37 Å². The zero-order valence-corrected chi connectivity index (χ0v) is 22.9. The van der Waals surface area contributed by atoms with Crippen molar-refractivity contribution in [2.24, 2.45) is 11.8 Å². The first kappa shape index (κ1) is 26.6. The number of likely N-dealkylation sites (tertiary alicyclic amines) is 1. The first-order chi connectivity index (χ1) is 18.9. The van der Waals surface area contributed by atoms with E-state index in [9.17, 15) is 14.6 Å². The summed E-state index contributed by atoms with van der Waals surface area (Å²) in [6, 6.07) is 11.4. The van der Waals surface area contributed by atoms with Crippen LogP contribution in [0.15, 0.2) is 47.0 Å². The monoisotopic (exact) mass is 554 g/mol. The molecule has 7 nitrogen and oxygen atoms in total. The molecule has 4 atom stereocenters. The molecule has 0 saturated carbocycles. The Morgan fingerprint density at radius 3 is 2.77 bits per heavy atom. The number of hydrogen-bond donors (Lipinski definition) is 3. The molecule has 3 aromatic rings. The predicted octanol–water partition coefficient (Wildman–Crippen LogP) is 4.91. The number of benzene rings is 2. The highest BCUT2D eigenvalue weighted by molar-refractivity contribution is 6.31. The normalized spacial score (nSPS) is 24.9. The minimum absolute atomic E-state index is 0.0490. The Kier molecular flexibility index (Phi) is 7.55. The Hall–Kier alpha value is -2.65. The van der Waals surface area contributed by atoms with Crippen molar-refractivity contribution in [2.45, 2.75) is 44.3 Å². The van der Waals surface area contributed by atoms with Crippen molar-refractivity contribution in [3.8, 4) is 11.3 Å². The number of fused-ring (bicyclic) bond motifs is 1. The number of hydrogen-bond acceptors (Lipinski definition) is 7. The van der Waals surface area contributed by atoms with Crippen LogP contribution in [-0.2, 0) is 0 Å². The molecule has 3 aliphatic rings. The van der Waals surface area contributed by atoms with E-state index >= 15 is 0 Å². The molecule has 2 aromatic carbocycles. The summed E-state index contributed by atoms with van der Waals surface area (Å²) in [6.45, 7) is 6.57. The van der Waals surface area contributed by atoms with Crippen LogP contribution in [0.4, 0.5) is 16.1 Å². The minimum Gasteiger partial charge on any atom is -0.423 e. The van der Waals surface area contributed by atoms with Crippen molar-refractivity contribution >= 4 is 23.3 Å². The van der Waals surface area contributed by atoms with Gasteiger partial charge >= 0.3 is 0 Å². The summed E-state index contributed by atoms with van der Waals surface area (Å²) in [6.07, 6.45) is 3.40. The largest absolute Gasteiger partial charge is 0.423 e. The van der Waals surface area contributed by atoms with E-state index < -0.39 is 18.0 Å².